The Kier molecular flexibility index (Phi) is 7.13. The Morgan fingerprint density at radius 3 is 2.81 bits per heavy atom. The van der Waals surface area contributed by atoms with Gasteiger partial charge in [-0.2, -0.15) is 0 Å². The fraction of sp³-hybridized carbons (Fsp3) is 0.438. The first-order valence-electron chi connectivity index (χ1n) is 6.75. The number of amides is 1. The molecule has 0 heterocycles. The van der Waals surface area contributed by atoms with E-state index in [1.54, 1.807) is 12.3 Å². The van der Waals surface area contributed by atoms with Gasteiger partial charge in [-0.25, -0.2) is 0 Å². The highest BCUT2D eigenvalue weighted by molar-refractivity contribution is 7.84. The Hall–Kier alpha value is -1.64. The lowest BCUT2D eigenvalue weighted by molar-refractivity contribution is 0.0939. The summed E-state index contributed by atoms with van der Waals surface area (Å²) < 4.78 is 11.1. The smallest absolute Gasteiger partial charge is 0.251 e. The van der Waals surface area contributed by atoms with E-state index in [2.05, 4.69) is 17.2 Å². The highest BCUT2D eigenvalue weighted by atomic mass is 32.2. The SMILES string of the molecule is Cc1ccc(C#CCO)cc1C(=O)NC(C)CCS(C)=O. The number of aliphatic hydroxyl groups excluding tert-OH is 1. The molecule has 1 aromatic carbocycles. The summed E-state index contributed by atoms with van der Waals surface area (Å²) in [6, 6.07) is 5.34. The number of aliphatic hydroxyl groups is 1. The zero-order valence-corrected chi connectivity index (χ0v) is 13.4. The third kappa shape index (κ3) is 6.11. The van der Waals surface area contributed by atoms with Gasteiger partial charge in [-0.15, -0.1) is 0 Å². The Morgan fingerprint density at radius 2 is 2.19 bits per heavy atom. The second kappa shape index (κ2) is 8.60. The molecule has 0 fully saturated rings. The molecular weight excluding hydrogens is 286 g/mol. The normalized spacial score (nSPS) is 13.0. The Morgan fingerprint density at radius 1 is 1.48 bits per heavy atom. The molecule has 4 nitrogen and oxygen atoms in total. The van der Waals surface area contributed by atoms with Crippen molar-refractivity contribution in [1.29, 1.82) is 0 Å². The minimum absolute atomic E-state index is 0.0343. The van der Waals surface area contributed by atoms with E-state index in [-0.39, 0.29) is 18.6 Å². The highest BCUT2D eigenvalue weighted by Crippen LogP contribution is 2.11. The van der Waals surface area contributed by atoms with Gasteiger partial charge in [0.05, 0.1) is 0 Å². The molecule has 0 bridgehead atoms. The minimum Gasteiger partial charge on any atom is -0.384 e. The third-order valence-electron chi connectivity index (χ3n) is 3.01. The molecule has 0 saturated heterocycles. The molecule has 0 aliphatic heterocycles. The summed E-state index contributed by atoms with van der Waals surface area (Å²) in [5, 5.41) is 11.6. The van der Waals surface area contributed by atoms with Crippen molar-refractivity contribution in [1.82, 2.24) is 5.32 Å². The number of carbonyl (C=O) groups excluding carboxylic acids is 1. The first-order chi connectivity index (χ1) is 9.93. The van der Waals surface area contributed by atoms with E-state index in [1.807, 2.05) is 26.0 Å². The van der Waals surface area contributed by atoms with Gasteiger partial charge in [-0.1, -0.05) is 17.9 Å². The van der Waals surface area contributed by atoms with Crippen molar-refractivity contribution in [3.63, 3.8) is 0 Å². The molecule has 1 amide bonds. The van der Waals surface area contributed by atoms with Crippen LogP contribution >= 0.6 is 0 Å². The van der Waals surface area contributed by atoms with Crippen molar-refractivity contribution in [3.05, 3.63) is 34.9 Å². The molecule has 2 N–H and O–H groups in total. The molecule has 0 spiro atoms. The summed E-state index contributed by atoms with van der Waals surface area (Å²) in [7, 11) is -0.851. The van der Waals surface area contributed by atoms with Crippen molar-refractivity contribution in [2.75, 3.05) is 18.6 Å². The first-order valence-corrected chi connectivity index (χ1v) is 8.48. The summed E-state index contributed by atoms with van der Waals surface area (Å²) >= 11 is 0. The van der Waals surface area contributed by atoms with Crippen molar-refractivity contribution < 1.29 is 14.1 Å². The van der Waals surface area contributed by atoms with Crippen LogP contribution < -0.4 is 5.32 Å². The summed E-state index contributed by atoms with van der Waals surface area (Å²) in [5.74, 6) is 5.77. The fourth-order valence-electron chi connectivity index (χ4n) is 1.80. The van der Waals surface area contributed by atoms with Crippen LogP contribution in [0.5, 0.6) is 0 Å². The molecule has 0 saturated carbocycles. The van der Waals surface area contributed by atoms with Crippen LogP contribution in [0.2, 0.25) is 0 Å². The van der Waals surface area contributed by atoms with Crippen LogP contribution in [0.15, 0.2) is 18.2 Å². The van der Waals surface area contributed by atoms with Gasteiger partial charge >= 0.3 is 0 Å². The first kappa shape index (κ1) is 17.4. The highest BCUT2D eigenvalue weighted by Gasteiger charge is 2.12. The zero-order chi connectivity index (χ0) is 15.8. The largest absolute Gasteiger partial charge is 0.384 e. The Balaban J connectivity index is 2.79. The van der Waals surface area contributed by atoms with Crippen LogP contribution in [-0.4, -0.2) is 39.9 Å². The Labute approximate surface area is 128 Å². The predicted molar refractivity (Wildman–Crippen MR) is 85.6 cm³/mol. The average Bonchev–Trinajstić information content (AvgIpc) is 2.44. The maximum absolute atomic E-state index is 12.3. The van der Waals surface area contributed by atoms with Gasteiger partial charge in [0.25, 0.3) is 5.91 Å². The predicted octanol–water partition coefficient (Wildman–Crippen LogP) is 1.23. The maximum atomic E-state index is 12.3. The molecule has 114 valence electrons. The molecule has 5 heteroatoms. The number of aryl methyl sites for hydroxylation is 1. The maximum Gasteiger partial charge on any atom is 0.251 e. The lowest BCUT2D eigenvalue weighted by atomic mass is 10.0. The summed E-state index contributed by atoms with van der Waals surface area (Å²) in [6.07, 6.45) is 2.33. The number of hydrogen-bond acceptors (Lipinski definition) is 3. The number of hydrogen-bond donors (Lipinski definition) is 2. The lowest BCUT2D eigenvalue weighted by Crippen LogP contribution is -2.34. The van der Waals surface area contributed by atoms with Crippen molar-refractivity contribution >= 4 is 16.7 Å². The summed E-state index contributed by atoms with van der Waals surface area (Å²) in [5.41, 5.74) is 2.14. The molecule has 0 aliphatic carbocycles. The molecule has 1 aromatic rings. The van der Waals surface area contributed by atoms with E-state index in [0.29, 0.717) is 23.3 Å². The number of nitrogens with one attached hydrogen (secondary N) is 1. The van der Waals surface area contributed by atoms with E-state index >= 15 is 0 Å². The number of carbonyl (C=O) groups is 1. The van der Waals surface area contributed by atoms with Gasteiger partial charge in [-0.05, 0) is 38.0 Å². The van der Waals surface area contributed by atoms with Gasteiger partial charge < -0.3 is 10.4 Å². The monoisotopic (exact) mass is 307 g/mol. The van der Waals surface area contributed by atoms with Crippen LogP contribution in [0, 0.1) is 18.8 Å². The molecule has 2 atom stereocenters. The van der Waals surface area contributed by atoms with Crippen molar-refractivity contribution in [2.45, 2.75) is 26.3 Å². The molecule has 0 radical (unpaired) electrons. The van der Waals surface area contributed by atoms with Crippen LogP contribution in [-0.2, 0) is 10.8 Å². The Bertz CT molecular complexity index is 587. The summed E-state index contributed by atoms with van der Waals surface area (Å²) in [4.78, 5) is 12.3. The third-order valence-corrected chi connectivity index (χ3v) is 3.82. The van der Waals surface area contributed by atoms with E-state index in [9.17, 15) is 9.00 Å². The zero-order valence-electron chi connectivity index (χ0n) is 12.6. The molecule has 0 aliphatic rings. The average molecular weight is 307 g/mol. The van der Waals surface area contributed by atoms with Crippen molar-refractivity contribution in [3.8, 4) is 11.8 Å². The van der Waals surface area contributed by atoms with Gasteiger partial charge in [0.1, 0.15) is 6.61 Å². The van der Waals surface area contributed by atoms with Gasteiger partial charge in [0.15, 0.2) is 0 Å². The van der Waals surface area contributed by atoms with E-state index in [4.69, 9.17) is 5.11 Å². The topological polar surface area (TPSA) is 66.4 Å². The van der Waals surface area contributed by atoms with E-state index < -0.39 is 10.8 Å². The number of benzene rings is 1. The lowest BCUT2D eigenvalue weighted by Gasteiger charge is -2.14. The second-order valence-corrected chi connectivity index (χ2v) is 6.48. The van der Waals surface area contributed by atoms with Crippen molar-refractivity contribution in [2.24, 2.45) is 0 Å². The summed E-state index contributed by atoms with van der Waals surface area (Å²) in [6.45, 7) is 3.56. The molecular formula is C16H21NO3S. The number of rotatable bonds is 5. The minimum atomic E-state index is -0.851. The van der Waals surface area contributed by atoms with E-state index in [1.165, 1.54) is 0 Å². The molecule has 2 unspecified atom stereocenters. The standard InChI is InChI=1S/C16H21NO3S/c1-12-6-7-14(5-4-9-18)11-15(12)16(19)17-13(2)8-10-21(3)20/h6-7,11,13,18H,8-10H2,1-3H3,(H,17,19). The van der Waals surface area contributed by atoms with Crippen LogP contribution in [0.4, 0.5) is 0 Å². The molecule has 21 heavy (non-hydrogen) atoms. The van der Waals surface area contributed by atoms with E-state index in [0.717, 1.165) is 5.56 Å². The quantitative estimate of drug-likeness (QED) is 0.804. The van der Waals surface area contributed by atoms with Gasteiger partial charge in [-0.3, -0.25) is 9.00 Å². The van der Waals surface area contributed by atoms with Crippen LogP contribution in [0.1, 0.15) is 34.8 Å². The fourth-order valence-corrected chi connectivity index (χ4v) is 2.49. The van der Waals surface area contributed by atoms with Crippen LogP contribution in [0.25, 0.3) is 0 Å². The van der Waals surface area contributed by atoms with Crippen LogP contribution in [0.3, 0.4) is 0 Å². The van der Waals surface area contributed by atoms with Gasteiger partial charge in [0.2, 0.25) is 0 Å². The molecule has 0 aromatic heterocycles. The second-order valence-electron chi connectivity index (χ2n) is 4.93. The molecule has 1 rings (SSSR count). The van der Waals surface area contributed by atoms with Gasteiger partial charge in [0, 0.05) is 40.0 Å².